The number of benzene rings is 1. The smallest absolute Gasteiger partial charge is 0.336 e. The number of hydrogen-bond acceptors (Lipinski definition) is 4. The normalized spacial score (nSPS) is 11.1. The Hall–Kier alpha value is -2.67. The molecule has 0 bridgehead atoms. The van der Waals surface area contributed by atoms with E-state index >= 15 is 0 Å². The minimum absolute atomic E-state index is 0.0849. The molecule has 0 fully saturated rings. The first-order valence-electron chi connectivity index (χ1n) is 8.98. The van der Waals surface area contributed by atoms with Gasteiger partial charge in [-0.25, -0.2) is 9.36 Å². The summed E-state index contributed by atoms with van der Waals surface area (Å²) in [5, 5.41) is 1.77. The van der Waals surface area contributed by atoms with Crippen LogP contribution in [0.15, 0.2) is 45.3 Å². The summed E-state index contributed by atoms with van der Waals surface area (Å²) in [5.74, 6) is -0.145. The minimum Gasteiger partial charge on any atom is -0.344 e. The van der Waals surface area contributed by atoms with Crippen molar-refractivity contribution >= 4 is 27.5 Å². The lowest BCUT2D eigenvalue weighted by atomic mass is 10.2. The Morgan fingerprint density at radius 2 is 1.93 bits per heavy atom. The van der Waals surface area contributed by atoms with Crippen LogP contribution >= 0.6 is 11.3 Å². The molecule has 7 heteroatoms. The average molecular weight is 385 g/mol. The Balaban J connectivity index is 2.15. The quantitative estimate of drug-likeness (QED) is 0.655. The number of likely N-dealkylation sites (N-methyl/N-ethyl adjacent to an activating group) is 1. The fraction of sp³-hybridized carbons (Fsp3) is 0.350. The molecule has 3 aromatic rings. The lowest BCUT2D eigenvalue weighted by Gasteiger charge is -2.19. The standard InChI is InChI=1S/C20H23N3O3S/c1-4-5-11-21(3)17(24)13-22-16-10-12-27-18(16)19(25)23(20(22)26)15-9-7-6-8-14(15)2/h6-10,12H,4-5,11,13H2,1-3H3. The van der Waals surface area contributed by atoms with E-state index in [1.54, 1.807) is 35.5 Å². The first-order chi connectivity index (χ1) is 13.0. The molecule has 0 saturated heterocycles. The predicted octanol–water partition coefficient (Wildman–Crippen LogP) is 2.78. The van der Waals surface area contributed by atoms with Gasteiger partial charge >= 0.3 is 5.69 Å². The summed E-state index contributed by atoms with van der Waals surface area (Å²) in [6.45, 7) is 4.48. The van der Waals surface area contributed by atoms with Crippen molar-refractivity contribution in [1.29, 1.82) is 0 Å². The van der Waals surface area contributed by atoms with Crippen molar-refractivity contribution in [2.45, 2.75) is 33.2 Å². The number of nitrogens with zero attached hydrogens (tertiary/aromatic N) is 3. The third-order valence-corrected chi connectivity index (χ3v) is 5.57. The molecule has 0 aliphatic rings. The summed E-state index contributed by atoms with van der Waals surface area (Å²) in [6, 6.07) is 8.98. The zero-order valence-corrected chi connectivity index (χ0v) is 16.6. The SMILES string of the molecule is CCCCN(C)C(=O)Cn1c(=O)n(-c2ccccc2C)c(=O)c2sccc21. The number of aromatic nitrogens is 2. The van der Waals surface area contributed by atoms with E-state index in [0.717, 1.165) is 18.4 Å². The number of thiophene rings is 1. The number of carbonyl (C=O) groups is 1. The van der Waals surface area contributed by atoms with Crippen LogP contribution in [-0.4, -0.2) is 33.5 Å². The minimum atomic E-state index is -0.488. The van der Waals surface area contributed by atoms with Gasteiger partial charge in [-0.2, -0.15) is 0 Å². The van der Waals surface area contributed by atoms with Crippen molar-refractivity contribution in [3.05, 3.63) is 62.1 Å². The first-order valence-corrected chi connectivity index (χ1v) is 9.86. The van der Waals surface area contributed by atoms with E-state index < -0.39 is 5.69 Å². The van der Waals surface area contributed by atoms with Crippen LogP contribution in [0.4, 0.5) is 0 Å². The number of rotatable bonds is 6. The van der Waals surface area contributed by atoms with Gasteiger partial charge in [0.2, 0.25) is 5.91 Å². The lowest BCUT2D eigenvalue weighted by Crippen LogP contribution is -2.42. The highest BCUT2D eigenvalue weighted by Gasteiger charge is 2.19. The van der Waals surface area contributed by atoms with Crippen LogP contribution in [0.1, 0.15) is 25.3 Å². The van der Waals surface area contributed by atoms with Crippen LogP contribution in [0.5, 0.6) is 0 Å². The number of amides is 1. The molecule has 2 heterocycles. The van der Waals surface area contributed by atoms with E-state index in [-0.39, 0.29) is 18.0 Å². The summed E-state index contributed by atoms with van der Waals surface area (Å²) < 4.78 is 3.06. The molecule has 27 heavy (non-hydrogen) atoms. The van der Waals surface area contributed by atoms with Crippen molar-refractivity contribution < 1.29 is 4.79 Å². The van der Waals surface area contributed by atoms with Gasteiger partial charge in [0.15, 0.2) is 0 Å². The Bertz CT molecular complexity index is 1090. The van der Waals surface area contributed by atoms with Crippen molar-refractivity contribution in [2.24, 2.45) is 0 Å². The molecule has 2 aromatic heterocycles. The van der Waals surface area contributed by atoms with E-state index in [1.807, 2.05) is 19.1 Å². The topological polar surface area (TPSA) is 64.3 Å². The fourth-order valence-electron chi connectivity index (χ4n) is 3.04. The highest BCUT2D eigenvalue weighted by molar-refractivity contribution is 7.17. The van der Waals surface area contributed by atoms with Crippen LogP contribution in [0.3, 0.4) is 0 Å². The molecule has 3 rings (SSSR count). The van der Waals surface area contributed by atoms with Gasteiger partial charge in [-0.15, -0.1) is 11.3 Å². The number of carbonyl (C=O) groups excluding carboxylic acids is 1. The van der Waals surface area contributed by atoms with Gasteiger partial charge in [0.05, 0.1) is 11.2 Å². The van der Waals surface area contributed by atoms with Crippen molar-refractivity contribution in [3.63, 3.8) is 0 Å². The molecule has 0 spiro atoms. The van der Waals surface area contributed by atoms with E-state index in [4.69, 9.17) is 0 Å². The Labute approximate surface area is 161 Å². The maximum Gasteiger partial charge on any atom is 0.336 e. The molecule has 1 amide bonds. The maximum absolute atomic E-state index is 13.2. The highest BCUT2D eigenvalue weighted by Crippen LogP contribution is 2.17. The van der Waals surface area contributed by atoms with Crippen molar-refractivity contribution in [1.82, 2.24) is 14.0 Å². The molecule has 6 nitrogen and oxygen atoms in total. The number of hydrogen-bond donors (Lipinski definition) is 0. The van der Waals surface area contributed by atoms with Gasteiger partial charge in [0.25, 0.3) is 5.56 Å². The third kappa shape index (κ3) is 3.60. The molecule has 0 saturated carbocycles. The highest BCUT2D eigenvalue weighted by atomic mass is 32.1. The molecule has 0 N–H and O–H groups in total. The summed E-state index contributed by atoms with van der Waals surface area (Å²) in [4.78, 5) is 40.4. The summed E-state index contributed by atoms with van der Waals surface area (Å²) in [6.07, 6.45) is 1.90. The molecule has 0 aliphatic carbocycles. The third-order valence-electron chi connectivity index (χ3n) is 4.68. The predicted molar refractivity (Wildman–Crippen MR) is 109 cm³/mol. The van der Waals surface area contributed by atoms with Crippen molar-refractivity contribution in [3.8, 4) is 5.69 Å². The Morgan fingerprint density at radius 1 is 1.19 bits per heavy atom. The zero-order chi connectivity index (χ0) is 19.6. The molecule has 0 radical (unpaired) electrons. The number of fused-ring (bicyclic) bond motifs is 1. The zero-order valence-electron chi connectivity index (χ0n) is 15.8. The molecular formula is C20H23N3O3S. The van der Waals surface area contributed by atoms with Crippen LogP contribution < -0.4 is 11.2 Å². The van der Waals surface area contributed by atoms with Crippen LogP contribution in [0.25, 0.3) is 15.9 Å². The summed E-state index contributed by atoms with van der Waals surface area (Å²) in [7, 11) is 1.74. The van der Waals surface area contributed by atoms with E-state index in [9.17, 15) is 14.4 Å². The Morgan fingerprint density at radius 3 is 2.63 bits per heavy atom. The second-order valence-electron chi connectivity index (χ2n) is 6.60. The lowest BCUT2D eigenvalue weighted by molar-refractivity contribution is -0.130. The molecule has 0 atom stereocenters. The Kier molecular flexibility index (Phi) is 5.60. The van der Waals surface area contributed by atoms with E-state index in [0.29, 0.717) is 22.4 Å². The van der Waals surface area contributed by atoms with E-state index in [2.05, 4.69) is 6.92 Å². The molecule has 1 aromatic carbocycles. The maximum atomic E-state index is 13.2. The molecule has 142 valence electrons. The van der Waals surface area contributed by atoms with Gasteiger partial charge in [0.1, 0.15) is 11.2 Å². The van der Waals surface area contributed by atoms with Crippen LogP contribution in [0, 0.1) is 6.92 Å². The first kappa shape index (κ1) is 19.1. The second-order valence-corrected chi connectivity index (χ2v) is 7.52. The number of aryl methyl sites for hydroxylation is 1. The van der Waals surface area contributed by atoms with Crippen molar-refractivity contribution in [2.75, 3.05) is 13.6 Å². The monoisotopic (exact) mass is 385 g/mol. The fourth-order valence-corrected chi connectivity index (χ4v) is 3.87. The van der Waals surface area contributed by atoms with Gasteiger partial charge in [-0.1, -0.05) is 31.5 Å². The number of para-hydroxylation sites is 1. The largest absolute Gasteiger partial charge is 0.344 e. The van der Waals surface area contributed by atoms with Gasteiger partial charge < -0.3 is 4.90 Å². The van der Waals surface area contributed by atoms with Gasteiger partial charge in [-0.05, 0) is 36.4 Å². The average Bonchev–Trinajstić information content (AvgIpc) is 3.14. The molecular weight excluding hydrogens is 362 g/mol. The van der Waals surface area contributed by atoms with Crippen LogP contribution in [0.2, 0.25) is 0 Å². The second kappa shape index (κ2) is 7.92. The van der Waals surface area contributed by atoms with Gasteiger partial charge in [0, 0.05) is 13.6 Å². The van der Waals surface area contributed by atoms with Gasteiger partial charge in [-0.3, -0.25) is 14.2 Å². The molecule has 0 aliphatic heterocycles. The number of unbranched alkanes of at least 4 members (excludes halogenated alkanes) is 1. The summed E-state index contributed by atoms with van der Waals surface area (Å²) in [5.41, 5.74) is 1.05. The summed E-state index contributed by atoms with van der Waals surface area (Å²) >= 11 is 1.28. The van der Waals surface area contributed by atoms with Crippen LogP contribution in [-0.2, 0) is 11.3 Å². The molecule has 0 unspecified atom stereocenters. The van der Waals surface area contributed by atoms with E-state index in [1.165, 1.54) is 20.5 Å².